The molecule has 4 aromatic heterocycles. The molecule has 40 heavy (non-hydrogen) atoms. The van der Waals surface area contributed by atoms with Gasteiger partial charge in [-0.15, -0.1) is 17.9 Å². The summed E-state index contributed by atoms with van der Waals surface area (Å²) < 4.78 is 4.41. The smallest absolute Gasteiger partial charge is 0.278 e. The number of hydrogen-bond donors (Lipinski definition) is 2. The second kappa shape index (κ2) is 10.2. The monoisotopic (exact) mass is 556 g/mol. The summed E-state index contributed by atoms with van der Waals surface area (Å²) in [5.41, 5.74) is 1.63. The van der Waals surface area contributed by atoms with Crippen molar-refractivity contribution in [1.29, 1.82) is 0 Å². The van der Waals surface area contributed by atoms with Crippen molar-refractivity contribution in [1.82, 2.24) is 29.2 Å². The number of nitrogens with one attached hydrogen (secondary N) is 1. The van der Waals surface area contributed by atoms with Gasteiger partial charge in [0.1, 0.15) is 11.0 Å². The number of hydrogen-bond acceptors (Lipinski definition) is 9. The quantitative estimate of drug-likeness (QED) is 0.289. The average molecular weight is 557 g/mol. The lowest BCUT2D eigenvalue weighted by Gasteiger charge is -2.33. The molecule has 2 N–H and O–H groups in total. The van der Waals surface area contributed by atoms with Crippen LogP contribution in [0.4, 0.5) is 17.3 Å². The summed E-state index contributed by atoms with van der Waals surface area (Å²) in [4.78, 5) is 32.0. The number of piperazine rings is 1. The SMILES string of the molecule is C=CCn1c(=O)c2cnc(Nc3ccc4scc(N5CCN(C)CC5)c4c3)nc2n1-c1cccc(C(C)(C)O)n1. The molecule has 1 aliphatic heterocycles. The molecule has 0 amide bonds. The number of aromatic nitrogens is 5. The molecule has 10 nitrogen and oxygen atoms in total. The number of fused-ring (bicyclic) bond motifs is 2. The van der Waals surface area contributed by atoms with E-state index in [1.165, 1.54) is 20.5 Å². The van der Waals surface area contributed by atoms with E-state index in [9.17, 15) is 9.90 Å². The fraction of sp³-hybridized carbons (Fsp3) is 0.310. The summed E-state index contributed by atoms with van der Waals surface area (Å²) in [6, 6.07) is 11.6. The highest BCUT2D eigenvalue weighted by Gasteiger charge is 2.22. The molecule has 1 saturated heterocycles. The highest BCUT2D eigenvalue weighted by Crippen LogP contribution is 2.36. The van der Waals surface area contributed by atoms with E-state index in [2.05, 4.69) is 56.2 Å². The normalized spacial score (nSPS) is 14.8. The zero-order valence-corrected chi connectivity index (χ0v) is 23.6. The number of allylic oxidation sites excluding steroid dienone is 1. The fourth-order valence-corrected chi connectivity index (χ4v) is 5.96. The van der Waals surface area contributed by atoms with Crippen LogP contribution in [0, 0.1) is 0 Å². The van der Waals surface area contributed by atoms with E-state index in [1.807, 2.05) is 6.07 Å². The van der Waals surface area contributed by atoms with Crippen molar-refractivity contribution in [3.05, 3.63) is 76.7 Å². The van der Waals surface area contributed by atoms with Gasteiger partial charge in [0, 0.05) is 53.5 Å². The van der Waals surface area contributed by atoms with Crippen molar-refractivity contribution < 1.29 is 5.11 Å². The first kappa shape index (κ1) is 26.2. The summed E-state index contributed by atoms with van der Waals surface area (Å²) >= 11 is 1.75. The molecular weight excluding hydrogens is 524 g/mol. The first-order chi connectivity index (χ1) is 19.2. The van der Waals surface area contributed by atoms with Gasteiger partial charge in [-0.1, -0.05) is 12.1 Å². The highest BCUT2D eigenvalue weighted by molar-refractivity contribution is 7.17. The van der Waals surface area contributed by atoms with Crippen LogP contribution in [0.25, 0.3) is 26.9 Å². The number of aliphatic hydroxyl groups is 1. The van der Waals surface area contributed by atoms with Crippen molar-refractivity contribution >= 4 is 49.8 Å². The van der Waals surface area contributed by atoms with Crippen LogP contribution in [-0.4, -0.2) is 67.5 Å². The van der Waals surface area contributed by atoms with Crippen molar-refractivity contribution in [3.8, 4) is 5.82 Å². The molecule has 0 atom stereocenters. The second-order valence-corrected chi connectivity index (χ2v) is 11.5. The van der Waals surface area contributed by atoms with Crippen LogP contribution >= 0.6 is 11.3 Å². The van der Waals surface area contributed by atoms with Gasteiger partial charge in [0.25, 0.3) is 5.56 Å². The van der Waals surface area contributed by atoms with Gasteiger partial charge < -0.3 is 20.2 Å². The lowest BCUT2D eigenvalue weighted by Crippen LogP contribution is -2.44. The summed E-state index contributed by atoms with van der Waals surface area (Å²) in [6.07, 6.45) is 3.19. The number of rotatable bonds is 7. The third-order valence-electron chi connectivity index (χ3n) is 7.21. The molecule has 1 aliphatic rings. The Bertz CT molecular complexity index is 1770. The topological polar surface area (TPSA) is 104 Å². The molecule has 0 radical (unpaired) electrons. The summed E-state index contributed by atoms with van der Waals surface area (Å²) in [5.74, 6) is 0.834. The minimum Gasteiger partial charge on any atom is -0.384 e. The standard InChI is InChI=1S/C29H32N8O2S/c1-5-11-36-27(38)21-17-30-28(33-26(21)37(36)25-8-6-7-24(32-25)29(2,3)39)31-19-9-10-23-20(16-19)22(18-40-23)35-14-12-34(4)13-15-35/h5-10,16-18,39H,1,11-15H2,2-4H3,(H,30,31,33). The summed E-state index contributed by atoms with van der Waals surface area (Å²) in [7, 11) is 2.16. The van der Waals surface area contributed by atoms with E-state index in [4.69, 9.17) is 4.98 Å². The molecule has 0 spiro atoms. The van der Waals surface area contributed by atoms with Gasteiger partial charge in [-0.05, 0) is 51.2 Å². The predicted octanol–water partition coefficient (Wildman–Crippen LogP) is 4.10. The van der Waals surface area contributed by atoms with Gasteiger partial charge in [-0.25, -0.2) is 19.3 Å². The largest absolute Gasteiger partial charge is 0.384 e. The Kier molecular flexibility index (Phi) is 6.65. The Labute approximate surface area is 235 Å². The third-order valence-corrected chi connectivity index (χ3v) is 8.16. The maximum atomic E-state index is 13.3. The molecule has 1 aromatic carbocycles. The lowest BCUT2D eigenvalue weighted by molar-refractivity contribution is 0.0738. The van der Waals surface area contributed by atoms with Crippen LogP contribution < -0.4 is 15.8 Å². The number of nitrogens with zero attached hydrogens (tertiary/aromatic N) is 7. The van der Waals surface area contributed by atoms with E-state index >= 15 is 0 Å². The van der Waals surface area contributed by atoms with Gasteiger partial charge in [0.2, 0.25) is 5.95 Å². The third kappa shape index (κ3) is 4.76. The molecule has 206 valence electrons. The van der Waals surface area contributed by atoms with Crippen LogP contribution in [0.2, 0.25) is 0 Å². The van der Waals surface area contributed by atoms with E-state index in [-0.39, 0.29) is 12.1 Å². The average Bonchev–Trinajstić information content (AvgIpc) is 3.47. The fourth-order valence-electron chi connectivity index (χ4n) is 5.01. The highest BCUT2D eigenvalue weighted by atomic mass is 32.1. The minimum absolute atomic E-state index is 0.242. The molecule has 0 saturated carbocycles. The van der Waals surface area contributed by atoms with Crippen molar-refractivity contribution in [2.45, 2.75) is 26.0 Å². The minimum atomic E-state index is -1.15. The Balaban J connectivity index is 1.40. The zero-order valence-electron chi connectivity index (χ0n) is 22.8. The molecule has 11 heteroatoms. The maximum Gasteiger partial charge on any atom is 0.278 e. The number of thiophene rings is 1. The van der Waals surface area contributed by atoms with E-state index in [1.54, 1.807) is 60.3 Å². The molecule has 0 unspecified atom stereocenters. The molecule has 1 fully saturated rings. The number of benzene rings is 1. The van der Waals surface area contributed by atoms with Gasteiger partial charge in [-0.3, -0.25) is 4.79 Å². The number of anilines is 3. The summed E-state index contributed by atoms with van der Waals surface area (Å²) in [5, 5.41) is 17.7. The number of pyridine rings is 1. The second-order valence-electron chi connectivity index (χ2n) is 10.6. The maximum absolute atomic E-state index is 13.3. The predicted molar refractivity (Wildman–Crippen MR) is 161 cm³/mol. The van der Waals surface area contributed by atoms with Crippen LogP contribution in [0.15, 0.2) is 65.4 Å². The Morgan fingerprint density at radius 1 is 1.12 bits per heavy atom. The first-order valence-electron chi connectivity index (χ1n) is 13.2. The van der Waals surface area contributed by atoms with E-state index in [0.717, 1.165) is 31.9 Å². The lowest BCUT2D eigenvalue weighted by atomic mass is 10.1. The van der Waals surface area contributed by atoms with Crippen LogP contribution in [0.3, 0.4) is 0 Å². The molecule has 5 aromatic rings. The van der Waals surface area contributed by atoms with E-state index in [0.29, 0.717) is 28.5 Å². The zero-order chi connectivity index (χ0) is 28.0. The van der Waals surface area contributed by atoms with Crippen LogP contribution in [-0.2, 0) is 12.1 Å². The van der Waals surface area contributed by atoms with Crippen molar-refractivity contribution in [2.24, 2.45) is 0 Å². The Morgan fingerprint density at radius 3 is 2.67 bits per heavy atom. The van der Waals surface area contributed by atoms with Crippen LogP contribution in [0.5, 0.6) is 0 Å². The van der Waals surface area contributed by atoms with Crippen molar-refractivity contribution in [3.63, 3.8) is 0 Å². The van der Waals surface area contributed by atoms with E-state index < -0.39 is 5.60 Å². The molecular formula is C29H32N8O2S. The van der Waals surface area contributed by atoms with Crippen molar-refractivity contribution in [2.75, 3.05) is 43.4 Å². The molecule has 0 aliphatic carbocycles. The molecule has 5 heterocycles. The van der Waals surface area contributed by atoms with Crippen LogP contribution in [0.1, 0.15) is 19.5 Å². The molecule has 0 bridgehead atoms. The number of likely N-dealkylation sites (N-methyl/N-ethyl adjacent to an activating group) is 1. The first-order valence-corrected chi connectivity index (χ1v) is 14.1. The Morgan fingerprint density at radius 2 is 1.93 bits per heavy atom. The summed E-state index contributed by atoms with van der Waals surface area (Å²) in [6.45, 7) is 11.5. The Hall–Kier alpha value is -4.06. The van der Waals surface area contributed by atoms with Gasteiger partial charge in [0.15, 0.2) is 11.5 Å². The molecule has 6 rings (SSSR count). The van der Waals surface area contributed by atoms with Gasteiger partial charge in [-0.2, -0.15) is 4.98 Å². The van der Waals surface area contributed by atoms with Gasteiger partial charge in [0.05, 0.1) is 17.9 Å². The van der Waals surface area contributed by atoms with Gasteiger partial charge >= 0.3 is 0 Å².